The first-order valence-electron chi connectivity index (χ1n) is 7.89. The number of benzene rings is 2. The average molecular weight is 350 g/mol. The molecule has 24 heavy (non-hydrogen) atoms. The molecule has 0 radical (unpaired) electrons. The van der Waals surface area contributed by atoms with Crippen LogP contribution in [0.4, 0.5) is 0 Å². The van der Waals surface area contributed by atoms with E-state index >= 15 is 0 Å². The van der Waals surface area contributed by atoms with E-state index < -0.39 is 0 Å². The molecule has 4 nitrogen and oxygen atoms in total. The lowest BCUT2D eigenvalue weighted by Gasteiger charge is -2.15. The van der Waals surface area contributed by atoms with Crippen molar-refractivity contribution in [3.8, 4) is 17.2 Å². The summed E-state index contributed by atoms with van der Waals surface area (Å²) < 4.78 is 17.0. The molecule has 2 aromatic carbocycles. The second-order valence-corrected chi connectivity index (χ2v) is 6.01. The zero-order chi connectivity index (χ0) is 17.5. The van der Waals surface area contributed by atoms with Gasteiger partial charge >= 0.3 is 0 Å². The summed E-state index contributed by atoms with van der Waals surface area (Å²) in [4.78, 5) is 0. The minimum atomic E-state index is 0.384. The molecule has 2 rings (SSSR count). The molecule has 1 N–H and O–H groups in total. The van der Waals surface area contributed by atoms with Gasteiger partial charge in [0.05, 0.1) is 12.1 Å². The summed E-state index contributed by atoms with van der Waals surface area (Å²) in [6.45, 7) is 5.60. The molecule has 0 unspecified atom stereocenters. The molecule has 0 heterocycles. The van der Waals surface area contributed by atoms with Gasteiger partial charge in [-0.1, -0.05) is 23.7 Å². The van der Waals surface area contributed by atoms with E-state index in [0.29, 0.717) is 36.3 Å². The van der Waals surface area contributed by atoms with Crippen LogP contribution in [0.1, 0.15) is 16.7 Å². The molecule has 0 saturated carbocycles. The summed E-state index contributed by atoms with van der Waals surface area (Å²) in [5.41, 5.74) is 3.31. The topological polar surface area (TPSA) is 39.7 Å². The van der Waals surface area contributed by atoms with Gasteiger partial charge in [0.15, 0.2) is 11.5 Å². The first-order chi connectivity index (χ1) is 11.5. The summed E-state index contributed by atoms with van der Waals surface area (Å²) in [6.07, 6.45) is 0. The maximum Gasteiger partial charge on any atom is 0.179 e. The van der Waals surface area contributed by atoms with Gasteiger partial charge < -0.3 is 19.5 Å². The number of halogens is 1. The number of hydrogen-bond acceptors (Lipinski definition) is 4. The summed E-state index contributed by atoms with van der Waals surface area (Å²) in [6, 6.07) is 9.93. The van der Waals surface area contributed by atoms with Crippen molar-refractivity contribution in [2.45, 2.75) is 20.4 Å². The molecule has 0 aromatic heterocycles. The van der Waals surface area contributed by atoms with Crippen LogP contribution in [-0.4, -0.2) is 27.4 Å². The van der Waals surface area contributed by atoms with E-state index in [-0.39, 0.29) is 0 Å². The normalized spacial score (nSPS) is 10.5. The molecule has 130 valence electrons. The number of rotatable bonds is 8. The maximum absolute atomic E-state index is 6.32. The lowest BCUT2D eigenvalue weighted by molar-refractivity contribution is 0.210. The van der Waals surface area contributed by atoms with Crippen LogP contribution in [0.25, 0.3) is 0 Å². The van der Waals surface area contributed by atoms with E-state index in [1.807, 2.05) is 45.2 Å². The highest BCUT2D eigenvalue weighted by Gasteiger charge is 2.12. The van der Waals surface area contributed by atoms with Gasteiger partial charge in [-0.3, -0.25) is 0 Å². The molecule has 0 aliphatic carbocycles. The first kappa shape index (κ1) is 18.4. The van der Waals surface area contributed by atoms with Gasteiger partial charge in [-0.15, -0.1) is 0 Å². The SMILES string of the molecule is CNCc1cc(Cl)c(OCCOc2cc(C)ccc2C)c(OC)c1. The second kappa shape index (κ2) is 8.81. The summed E-state index contributed by atoms with van der Waals surface area (Å²) in [7, 11) is 3.49. The Labute approximate surface area is 148 Å². The fourth-order valence-corrected chi connectivity index (χ4v) is 2.67. The van der Waals surface area contributed by atoms with E-state index in [2.05, 4.69) is 11.4 Å². The molecule has 0 aliphatic rings. The zero-order valence-corrected chi connectivity index (χ0v) is 15.4. The van der Waals surface area contributed by atoms with Gasteiger partial charge in [0, 0.05) is 6.54 Å². The Kier molecular flexibility index (Phi) is 6.76. The minimum absolute atomic E-state index is 0.384. The number of aryl methyl sites for hydroxylation is 2. The minimum Gasteiger partial charge on any atom is -0.493 e. The molecule has 0 amide bonds. The molecular weight excluding hydrogens is 326 g/mol. The number of hydrogen-bond donors (Lipinski definition) is 1. The quantitative estimate of drug-likeness (QED) is 0.727. The van der Waals surface area contributed by atoms with Crippen LogP contribution in [0.2, 0.25) is 5.02 Å². The van der Waals surface area contributed by atoms with E-state index in [4.69, 9.17) is 25.8 Å². The Morgan fingerprint density at radius 2 is 1.75 bits per heavy atom. The van der Waals surface area contributed by atoms with Gasteiger partial charge in [-0.05, 0) is 55.8 Å². The zero-order valence-electron chi connectivity index (χ0n) is 14.6. The highest BCUT2D eigenvalue weighted by Crippen LogP contribution is 2.36. The van der Waals surface area contributed by atoms with Crippen molar-refractivity contribution >= 4 is 11.6 Å². The van der Waals surface area contributed by atoms with Gasteiger partial charge in [0.1, 0.15) is 19.0 Å². The van der Waals surface area contributed by atoms with Crippen LogP contribution in [0.15, 0.2) is 30.3 Å². The highest BCUT2D eigenvalue weighted by atomic mass is 35.5. The Morgan fingerprint density at radius 1 is 1.00 bits per heavy atom. The monoisotopic (exact) mass is 349 g/mol. The van der Waals surface area contributed by atoms with E-state index in [0.717, 1.165) is 16.9 Å². The fraction of sp³-hybridized carbons (Fsp3) is 0.368. The molecule has 0 atom stereocenters. The molecule has 2 aromatic rings. The number of methoxy groups -OCH3 is 1. The first-order valence-corrected chi connectivity index (χ1v) is 8.26. The lowest BCUT2D eigenvalue weighted by atomic mass is 10.1. The molecule has 0 fully saturated rings. The van der Waals surface area contributed by atoms with Gasteiger partial charge in [-0.25, -0.2) is 0 Å². The standard InChI is InChI=1S/C19H24ClNO3/c1-13-5-6-14(2)17(9-13)23-7-8-24-19-16(20)10-15(12-21-3)11-18(19)22-4/h5-6,9-11,21H,7-8,12H2,1-4H3. The molecule has 5 heteroatoms. The Bertz CT molecular complexity index is 689. The van der Waals surface area contributed by atoms with Crippen LogP contribution in [0.5, 0.6) is 17.2 Å². The predicted octanol–water partition coefficient (Wildman–Crippen LogP) is 4.14. The van der Waals surface area contributed by atoms with Crippen LogP contribution in [-0.2, 0) is 6.54 Å². The van der Waals surface area contributed by atoms with E-state index in [1.165, 1.54) is 5.56 Å². The number of ether oxygens (including phenoxy) is 3. The third kappa shape index (κ3) is 4.79. The Morgan fingerprint density at radius 3 is 2.46 bits per heavy atom. The second-order valence-electron chi connectivity index (χ2n) is 5.61. The molecular formula is C19H24ClNO3. The van der Waals surface area contributed by atoms with Gasteiger partial charge in [-0.2, -0.15) is 0 Å². The van der Waals surface area contributed by atoms with Crippen LogP contribution in [0.3, 0.4) is 0 Å². The van der Waals surface area contributed by atoms with Crippen molar-refractivity contribution in [2.75, 3.05) is 27.4 Å². The third-order valence-electron chi connectivity index (χ3n) is 3.60. The molecule has 0 saturated heterocycles. The number of nitrogens with one attached hydrogen (secondary N) is 1. The third-order valence-corrected chi connectivity index (χ3v) is 3.88. The van der Waals surface area contributed by atoms with E-state index in [9.17, 15) is 0 Å². The fourth-order valence-electron chi connectivity index (χ4n) is 2.38. The van der Waals surface area contributed by atoms with Gasteiger partial charge in [0.2, 0.25) is 0 Å². The van der Waals surface area contributed by atoms with Crippen molar-refractivity contribution in [3.05, 3.63) is 52.0 Å². The highest BCUT2D eigenvalue weighted by molar-refractivity contribution is 6.32. The maximum atomic E-state index is 6.32. The Hall–Kier alpha value is -1.91. The van der Waals surface area contributed by atoms with Crippen molar-refractivity contribution < 1.29 is 14.2 Å². The van der Waals surface area contributed by atoms with Crippen molar-refractivity contribution in [1.82, 2.24) is 5.32 Å². The Balaban J connectivity index is 1.97. The summed E-state index contributed by atoms with van der Waals surface area (Å²) in [5, 5.41) is 3.62. The largest absolute Gasteiger partial charge is 0.493 e. The molecule has 0 bridgehead atoms. The average Bonchev–Trinajstić information content (AvgIpc) is 2.56. The summed E-state index contributed by atoms with van der Waals surface area (Å²) in [5.74, 6) is 2.05. The predicted molar refractivity (Wildman–Crippen MR) is 97.7 cm³/mol. The van der Waals surface area contributed by atoms with Crippen LogP contribution >= 0.6 is 11.6 Å². The van der Waals surface area contributed by atoms with Crippen LogP contribution < -0.4 is 19.5 Å². The summed E-state index contributed by atoms with van der Waals surface area (Å²) >= 11 is 6.32. The smallest absolute Gasteiger partial charge is 0.179 e. The lowest BCUT2D eigenvalue weighted by Crippen LogP contribution is -2.11. The molecule has 0 aliphatic heterocycles. The van der Waals surface area contributed by atoms with Crippen molar-refractivity contribution in [1.29, 1.82) is 0 Å². The van der Waals surface area contributed by atoms with Crippen molar-refractivity contribution in [2.24, 2.45) is 0 Å². The molecule has 0 spiro atoms. The van der Waals surface area contributed by atoms with Crippen molar-refractivity contribution in [3.63, 3.8) is 0 Å². The van der Waals surface area contributed by atoms with Gasteiger partial charge in [0.25, 0.3) is 0 Å². The van der Waals surface area contributed by atoms with E-state index in [1.54, 1.807) is 7.11 Å². The van der Waals surface area contributed by atoms with Crippen LogP contribution in [0, 0.1) is 13.8 Å².